The molecule has 5 heteroatoms. The second-order valence-electron chi connectivity index (χ2n) is 2.98. The SMILES string of the molecule is CCCCCCC1=COS(=O)(=O)O1. The summed E-state index contributed by atoms with van der Waals surface area (Å²) in [5.74, 6) is 0.413. The van der Waals surface area contributed by atoms with E-state index < -0.39 is 10.4 Å². The Morgan fingerprint density at radius 2 is 2.08 bits per heavy atom. The highest BCUT2D eigenvalue weighted by Gasteiger charge is 2.22. The van der Waals surface area contributed by atoms with Crippen molar-refractivity contribution in [2.75, 3.05) is 0 Å². The Balaban J connectivity index is 2.18. The summed E-state index contributed by atoms with van der Waals surface area (Å²) in [6, 6.07) is 0. The van der Waals surface area contributed by atoms with Gasteiger partial charge in [-0.05, 0) is 6.42 Å². The average Bonchev–Trinajstić information content (AvgIpc) is 2.40. The van der Waals surface area contributed by atoms with Gasteiger partial charge in [0.25, 0.3) is 0 Å². The number of rotatable bonds is 5. The Bertz CT molecular complexity index is 279. The van der Waals surface area contributed by atoms with Gasteiger partial charge < -0.3 is 8.37 Å². The average molecular weight is 206 g/mol. The van der Waals surface area contributed by atoms with Crippen molar-refractivity contribution in [1.29, 1.82) is 0 Å². The molecule has 1 rings (SSSR count). The molecule has 0 aromatic carbocycles. The minimum atomic E-state index is -3.73. The summed E-state index contributed by atoms with van der Waals surface area (Å²) in [5, 5.41) is 0. The van der Waals surface area contributed by atoms with E-state index in [1.54, 1.807) is 0 Å². The first-order valence-corrected chi connectivity index (χ1v) is 5.79. The molecule has 0 aromatic rings. The molecule has 76 valence electrons. The van der Waals surface area contributed by atoms with Crippen LogP contribution < -0.4 is 0 Å². The predicted molar refractivity (Wildman–Crippen MR) is 47.9 cm³/mol. The van der Waals surface area contributed by atoms with E-state index in [9.17, 15) is 8.42 Å². The molecule has 13 heavy (non-hydrogen) atoms. The lowest BCUT2D eigenvalue weighted by Gasteiger charge is -1.98. The summed E-state index contributed by atoms with van der Waals surface area (Å²) in [7, 11) is -3.73. The van der Waals surface area contributed by atoms with Crippen molar-refractivity contribution < 1.29 is 16.8 Å². The largest absolute Gasteiger partial charge is 0.500 e. The van der Waals surface area contributed by atoms with Crippen LogP contribution in [-0.2, 0) is 18.8 Å². The van der Waals surface area contributed by atoms with Gasteiger partial charge >= 0.3 is 10.4 Å². The summed E-state index contributed by atoms with van der Waals surface area (Å²) in [4.78, 5) is 0. The molecule has 0 N–H and O–H groups in total. The van der Waals surface area contributed by atoms with Crippen molar-refractivity contribution >= 4 is 10.4 Å². The molecule has 0 fully saturated rings. The quantitative estimate of drug-likeness (QED) is 0.646. The third kappa shape index (κ3) is 3.67. The minimum Gasteiger partial charge on any atom is -0.357 e. The fraction of sp³-hybridized carbons (Fsp3) is 0.750. The van der Waals surface area contributed by atoms with E-state index in [1.807, 2.05) is 0 Å². The van der Waals surface area contributed by atoms with E-state index >= 15 is 0 Å². The Morgan fingerprint density at radius 1 is 1.31 bits per heavy atom. The van der Waals surface area contributed by atoms with Crippen molar-refractivity contribution in [3.05, 3.63) is 12.0 Å². The monoisotopic (exact) mass is 206 g/mol. The van der Waals surface area contributed by atoms with Crippen molar-refractivity contribution in [3.8, 4) is 0 Å². The van der Waals surface area contributed by atoms with Gasteiger partial charge in [0.2, 0.25) is 0 Å². The second kappa shape index (κ2) is 4.50. The van der Waals surface area contributed by atoms with Crippen LogP contribution in [-0.4, -0.2) is 8.42 Å². The van der Waals surface area contributed by atoms with Gasteiger partial charge in [-0.1, -0.05) is 26.2 Å². The van der Waals surface area contributed by atoms with Crippen molar-refractivity contribution in [2.45, 2.75) is 39.0 Å². The van der Waals surface area contributed by atoms with Crippen LogP contribution in [0.25, 0.3) is 0 Å². The summed E-state index contributed by atoms with van der Waals surface area (Å²) in [6.07, 6.45) is 6.17. The lowest BCUT2D eigenvalue weighted by molar-refractivity contribution is 0.358. The standard InChI is InChI=1S/C8H14O4S/c1-2-3-4-5-6-8-7-11-13(9,10)12-8/h7H,2-6H2,1H3. The first kappa shape index (κ1) is 10.4. The van der Waals surface area contributed by atoms with Crippen LogP contribution in [0, 0.1) is 0 Å². The zero-order valence-electron chi connectivity index (χ0n) is 7.65. The highest BCUT2D eigenvalue weighted by molar-refractivity contribution is 7.82. The van der Waals surface area contributed by atoms with Crippen LogP contribution in [0.3, 0.4) is 0 Å². The molecule has 1 aliphatic rings. The number of unbranched alkanes of at least 4 members (excludes halogenated alkanes) is 3. The molecule has 1 aliphatic heterocycles. The topological polar surface area (TPSA) is 52.6 Å². The molecular formula is C8H14O4S. The Hall–Kier alpha value is -0.710. The van der Waals surface area contributed by atoms with Crippen LogP contribution >= 0.6 is 0 Å². The molecule has 0 unspecified atom stereocenters. The maximum absolute atomic E-state index is 10.6. The van der Waals surface area contributed by atoms with Gasteiger partial charge in [-0.2, -0.15) is 0 Å². The number of hydrogen-bond donors (Lipinski definition) is 0. The van der Waals surface area contributed by atoms with Crippen LogP contribution in [0.4, 0.5) is 0 Å². The molecule has 0 saturated heterocycles. The van der Waals surface area contributed by atoms with Gasteiger partial charge in [0.1, 0.15) is 6.26 Å². The van der Waals surface area contributed by atoms with Crippen molar-refractivity contribution in [2.24, 2.45) is 0 Å². The van der Waals surface area contributed by atoms with Crippen LogP contribution in [0.1, 0.15) is 39.0 Å². The highest BCUT2D eigenvalue weighted by atomic mass is 32.3. The molecule has 0 atom stereocenters. The minimum absolute atomic E-state index is 0.413. The molecule has 0 radical (unpaired) electrons. The first-order valence-electron chi connectivity index (χ1n) is 4.46. The molecule has 4 nitrogen and oxygen atoms in total. The van der Waals surface area contributed by atoms with Crippen LogP contribution in [0.2, 0.25) is 0 Å². The smallest absolute Gasteiger partial charge is 0.357 e. The summed E-state index contributed by atoms with van der Waals surface area (Å²) in [5.41, 5.74) is 0. The van der Waals surface area contributed by atoms with Gasteiger partial charge in [-0.15, -0.1) is 8.42 Å². The van der Waals surface area contributed by atoms with E-state index in [4.69, 9.17) is 0 Å². The third-order valence-corrected chi connectivity index (χ3v) is 2.53. The Kier molecular flexibility index (Phi) is 3.59. The number of hydrogen-bond acceptors (Lipinski definition) is 4. The lowest BCUT2D eigenvalue weighted by Crippen LogP contribution is -1.97. The zero-order valence-corrected chi connectivity index (χ0v) is 8.47. The second-order valence-corrected chi connectivity index (χ2v) is 4.16. The lowest BCUT2D eigenvalue weighted by atomic mass is 10.1. The molecule has 0 bridgehead atoms. The molecule has 0 saturated carbocycles. The summed E-state index contributed by atoms with van der Waals surface area (Å²) in [6.45, 7) is 2.12. The van der Waals surface area contributed by atoms with Crippen LogP contribution in [0.15, 0.2) is 12.0 Å². The van der Waals surface area contributed by atoms with Gasteiger partial charge in [0, 0.05) is 6.42 Å². The van der Waals surface area contributed by atoms with Gasteiger partial charge in [0.15, 0.2) is 5.76 Å². The fourth-order valence-corrected chi connectivity index (χ4v) is 1.76. The van der Waals surface area contributed by atoms with E-state index in [-0.39, 0.29) is 0 Å². The highest BCUT2D eigenvalue weighted by Crippen LogP contribution is 2.20. The third-order valence-electron chi connectivity index (χ3n) is 1.78. The van der Waals surface area contributed by atoms with Gasteiger partial charge in [0.05, 0.1) is 0 Å². The maximum atomic E-state index is 10.6. The molecule has 0 aliphatic carbocycles. The molecule has 1 heterocycles. The maximum Gasteiger partial charge on any atom is 0.500 e. The Morgan fingerprint density at radius 3 is 2.62 bits per heavy atom. The zero-order chi connectivity index (χ0) is 9.73. The summed E-state index contributed by atoms with van der Waals surface area (Å²) < 4.78 is 30.1. The summed E-state index contributed by atoms with van der Waals surface area (Å²) >= 11 is 0. The molecule has 0 spiro atoms. The Labute approximate surface area is 78.9 Å². The first-order chi connectivity index (χ1) is 6.14. The van der Waals surface area contributed by atoms with Crippen LogP contribution in [0.5, 0.6) is 0 Å². The van der Waals surface area contributed by atoms with Gasteiger partial charge in [-0.3, -0.25) is 0 Å². The van der Waals surface area contributed by atoms with E-state index in [0.717, 1.165) is 19.3 Å². The molecule has 0 amide bonds. The fourth-order valence-electron chi connectivity index (χ4n) is 1.11. The molecular weight excluding hydrogens is 192 g/mol. The van der Waals surface area contributed by atoms with E-state index in [0.29, 0.717) is 12.2 Å². The van der Waals surface area contributed by atoms with E-state index in [1.165, 1.54) is 12.7 Å². The van der Waals surface area contributed by atoms with Crippen molar-refractivity contribution in [3.63, 3.8) is 0 Å². The van der Waals surface area contributed by atoms with Crippen molar-refractivity contribution in [1.82, 2.24) is 0 Å². The van der Waals surface area contributed by atoms with E-state index in [2.05, 4.69) is 15.3 Å². The normalized spacial score (nSPS) is 19.0. The number of allylic oxidation sites excluding steroid dienone is 1. The van der Waals surface area contributed by atoms with Gasteiger partial charge in [-0.25, -0.2) is 0 Å². The predicted octanol–water partition coefficient (Wildman–Crippen LogP) is 2.09. The molecule has 0 aromatic heterocycles.